The number of benzene rings is 2. The molecule has 0 fully saturated rings. The third kappa shape index (κ3) is 6.24. The summed E-state index contributed by atoms with van der Waals surface area (Å²) in [6, 6.07) is 8.65. The Kier molecular flexibility index (Phi) is 8.12. The quantitative estimate of drug-likeness (QED) is 0.218. The van der Waals surface area contributed by atoms with Crippen LogP contribution < -0.4 is 14.8 Å². The molecule has 1 aliphatic rings. The van der Waals surface area contributed by atoms with Crippen LogP contribution >= 0.6 is 23.2 Å². The number of hydrogen-bond donors (Lipinski definition) is 1. The molecule has 0 saturated carbocycles. The van der Waals surface area contributed by atoms with E-state index < -0.39 is 12.1 Å². The molecule has 1 heterocycles. The molecular weight excluding hydrogens is 494 g/mol. The summed E-state index contributed by atoms with van der Waals surface area (Å²) in [6.45, 7) is 2.42. The van der Waals surface area contributed by atoms with Crippen LogP contribution in [0.4, 0.5) is 18.9 Å². The van der Waals surface area contributed by atoms with E-state index >= 15 is 0 Å². The van der Waals surface area contributed by atoms with Crippen molar-refractivity contribution in [3.63, 3.8) is 0 Å². The van der Waals surface area contributed by atoms with Gasteiger partial charge < -0.3 is 9.47 Å². The zero-order valence-corrected chi connectivity index (χ0v) is 19.7. The molecule has 180 valence electrons. The molecule has 0 saturated heterocycles. The lowest BCUT2D eigenvalue weighted by molar-refractivity contribution is -0.274. The summed E-state index contributed by atoms with van der Waals surface area (Å²) < 4.78 is 47.2. The predicted molar refractivity (Wildman–Crippen MR) is 124 cm³/mol. The lowest BCUT2D eigenvalue weighted by Crippen LogP contribution is -2.35. The molecule has 0 spiro atoms. The smallest absolute Gasteiger partial charge is 0.494 e. The number of halogens is 5. The summed E-state index contributed by atoms with van der Waals surface area (Å²) in [7, 11) is 1.35. The van der Waals surface area contributed by atoms with Crippen LogP contribution in [0.3, 0.4) is 0 Å². The van der Waals surface area contributed by atoms with Crippen molar-refractivity contribution in [1.82, 2.24) is 10.3 Å². The Bertz CT molecular complexity index is 1150. The van der Waals surface area contributed by atoms with E-state index in [9.17, 15) is 18.4 Å². The predicted octanol–water partition coefficient (Wildman–Crippen LogP) is 6.09. The molecule has 0 amide bonds. The highest BCUT2D eigenvalue weighted by atomic mass is 35.5. The molecule has 0 aliphatic carbocycles. The van der Waals surface area contributed by atoms with Gasteiger partial charge in [-0.15, -0.1) is 13.2 Å². The van der Waals surface area contributed by atoms with E-state index in [1.807, 2.05) is 6.92 Å². The number of nitrogens with one attached hydrogen (secondary N) is 1. The van der Waals surface area contributed by atoms with Gasteiger partial charge in [0, 0.05) is 12.0 Å². The number of nitrogens with zero attached hydrogens (tertiary/aromatic N) is 4. The van der Waals surface area contributed by atoms with Crippen molar-refractivity contribution >= 4 is 40.6 Å². The zero-order valence-electron chi connectivity index (χ0n) is 18.2. The van der Waals surface area contributed by atoms with Crippen LogP contribution in [0.1, 0.15) is 25.3 Å². The van der Waals surface area contributed by atoms with Gasteiger partial charge in [0.15, 0.2) is 6.19 Å². The fourth-order valence-corrected chi connectivity index (χ4v) is 3.77. The van der Waals surface area contributed by atoms with Crippen molar-refractivity contribution in [3.8, 4) is 17.7 Å². The van der Waals surface area contributed by atoms with Gasteiger partial charge in [-0.05, 0) is 36.2 Å². The lowest BCUT2D eigenvalue weighted by Gasteiger charge is -2.17. The molecule has 2 aromatic rings. The molecule has 3 rings (SSSR count). The standard InChI is InChI=1S/C22H20Cl2F3N5O2/c1-3-4-14-11-32(31-20(14)13-5-7-16(23)17(24)9-13)21(29-12-28)30-18-10-15(34-22(25,26)27)6-8-19(18)33-2/h5-10,14H,3-4,11H2,1-2H3,(H,29,30). The number of ether oxygens (including phenoxy) is 2. The minimum absolute atomic E-state index is 0.00488. The van der Waals surface area contributed by atoms with E-state index in [2.05, 4.69) is 20.1 Å². The summed E-state index contributed by atoms with van der Waals surface area (Å²) in [5, 5.41) is 18.6. The Labute approximate surface area is 204 Å². The molecular formula is C22H20Cl2F3N5O2. The maximum absolute atomic E-state index is 12.7. The molecule has 34 heavy (non-hydrogen) atoms. The van der Waals surface area contributed by atoms with Crippen LogP contribution in [0.25, 0.3) is 0 Å². The minimum atomic E-state index is -4.87. The van der Waals surface area contributed by atoms with Crippen LogP contribution in [0, 0.1) is 17.4 Å². The Hall–Kier alpha value is -3.16. The Morgan fingerprint density at radius 1 is 1.26 bits per heavy atom. The average molecular weight is 514 g/mol. The maximum atomic E-state index is 12.7. The number of hydrogen-bond acceptors (Lipinski definition) is 5. The van der Waals surface area contributed by atoms with Gasteiger partial charge in [0.05, 0.1) is 29.4 Å². The number of nitriles is 1. The highest BCUT2D eigenvalue weighted by molar-refractivity contribution is 6.42. The van der Waals surface area contributed by atoms with Crippen LogP contribution in [0.2, 0.25) is 10.0 Å². The molecule has 1 aliphatic heterocycles. The van der Waals surface area contributed by atoms with Crippen LogP contribution in [-0.4, -0.2) is 36.7 Å². The number of guanidine groups is 1. The van der Waals surface area contributed by atoms with Crippen LogP contribution in [-0.2, 0) is 0 Å². The van der Waals surface area contributed by atoms with Crippen molar-refractivity contribution < 1.29 is 22.6 Å². The fourth-order valence-electron chi connectivity index (χ4n) is 3.48. The second-order valence-corrected chi connectivity index (χ2v) is 8.05. The van der Waals surface area contributed by atoms with E-state index in [0.717, 1.165) is 36.2 Å². The summed E-state index contributed by atoms with van der Waals surface area (Å²) in [4.78, 5) is 4.33. The zero-order chi connectivity index (χ0) is 24.9. The fraction of sp³-hybridized carbons (Fsp3) is 0.318. The van der Waals surface area contributed by atoms with Crippen molar-refractivity contribution in [3.05, 3.63) is 52.0 Å². The highest BCUT2D eigenvalue weighted by Gasteiger charge is 2.32. The van der Waals surface area contributed by atoms with Crippen molar-refractivity contribution in [1.29, 1.82) is 5.26 Å². The molecule has 0 bridgehead atoms. The second-order valence-electron chi connectivity index (χ2n) is 7.24. The Morgan fingerprint density at radius 3 is 2.65 bits per heavy atom. The minimum Gasteiger partial charge on any atom is -0.494 e. The number of rotatable bonds is 6. The van der Waals surface area contributed by atoms with Gasteiger partial charge in [0.25, 0.3) is 0 Å². The van der Waals surface area contributed by atoms with E-state index in [1.165, 1.54) is 18.2 Å². The third-order valence-corrected chi connectivity index (χ3v) is 5.62. The second kappa shape index (κ2) is 10.8. The molecule has 2 aromatic carbocycles. The maximum Gasteiger partial charge on any atom is 0.573 e. The van der Waals surface area contributed by atoms with Crippen molar-refractivity contribution in [2.75, 3.05) is 13.7 Å². The molecule has 1 atom stereocenters. The highest BCUT2D eigenvalue weighted by Crippen LogP contribution is 2.35. The van der Waals surface area contributed by atoms with Crippen molar-refractivity contribution in [2.45, 2.75) is 26.1 Å². The first kappa shape index (κ1) is 25.5. The first-order valence-electron chi connectivity index (χ1n) is 10.1. The number of aliphatic imine (C=N–C) groups is 1. The first-order chi connectivity index (χ1) is 16.1. The van der Waals surface area contributed by atoms with Gasteiger partial charge in [0.1, 0.15) is 17.2 Å². The monoisotopic (exact) mass is 513 g/mol. The van der Waals surface area contributed by atoms with Crippen molar-refractivity contribution in [2.24, 2.45) is 16.0 Å². The average Bonchev–Trinajstić information content (AvgIpc) is 3.18. The van der Waals surface area contributed by atoms with E-state index in [0.29, 0.717) is 16.6 Å². The van der Waals surface area contributed by atoms with Crippen LogP contribution in [0.5, 0.6) is 11.5 Å². The van der Waals surface area contributed by atoms with Gasteiger partial charge in [-0.1, -0.05) is 42.6 Å². The number of alkyl halides is 3. The SMILES string of the molecule is CCCC1CN(C(=Nc2cc(OC(F)(F)F)ccc2OC)NC#N)N=C1c1ccc(Cl)c(Cl)c1. The van der Waals surface area contributed by atoms with Gasteiger partial charge in [0.2, 0.25) is 5.96 Å². The van der Waals surface area contributed by atoms with E-state index in [-0.39, 0.29) is 23.3 Å². The molecule has 12 heteroatoms. The first-order valence-corrected chi connectivity index (χ1v) is 10.9. The van der Waals surface area contributed by atoms with Gasteiger partial charge in [-0.25, -0.2) is 10.0 Å². The summed E-state index contributed by atoms with van der Waals surface area (Å²) in [5.41, 5.74) is 1.52. The largest absolute Gasteiger partial charge is 0.573 e. The molecule has 0 aromatic heterocycles. The molecule has 7 nitrogen and oxygen atoms in total. The third-order valence-electron chi connectivity index (χ3n) is 4.88. The van der Waals surface area contributed by atoms with E-state index in [4.69, 9.17) is 27.9 Å². The number of hydrazone groups is 1. The van der Waals surface area contributed by atoms with Gasteiger partial charge >= 0.3 is 6.36 Å². The molecule has 1 N–H and O–H groups in total. The number of methoxy groups -OCH3 is 1. The summed E-state index contributed by atoms with van der Waals surface area (Å²) in [5.74, 6) is -0.283. The Morgan fingerprint density at radius 2 is 2.03 bits per heavy atom. The summed E-state index contributed by atoms with van der Waals surface area (Å²) >= 11 is 12.2. The topological polar surface area (TPSA) is 82.2 Å². The summed E-state index contributed by atoms with van der Waals surface area (Å²) in [6.07, 6.45) is -1.40. The molecule has 1 unspecified atom stereocenters. The lowest BCUT2D eigenvalue weighted by atomic mass is 9.93. The van der Waals surface area contributed by atoms with E-state index in [1.54, 1.807) is 24.4 Å². The van der Waals surface area contributed by atoms with Gasteiger partial charge in [-0.3, -0.25) is 5.32 Å². The normalized spacial score (nSPS) is 16.2. The van der Waals surface area contributed by atoms with Gasteiger partial charge in [-0.2, -0.15) is 10.4 Å². The molecule has 0 radical (unpaired) electrons. The Balaban J connectivity index is 2.03. The van der Waals surface area contributed by atoms with Crippen LogP contribution in [0.15, 0.2) is 46.5 Å².